The number of hydrogen-bond acceptors (Lipinski definition) is 15. The highest BCUT2D eigenvalue weighted by molar-refractivity contribution is 5.89. The zero-order valence-corrected chi connectivity index (χ0v) is 21.0. The van der Waals surface area contributed by atoms with Crippen LogP contribution in [0.1, 0.15) is 0 Å². The monoisotopic (exact) mass is 580 g/mol. The van der Waals surface area contributed by atoms with Crippen molar-refractivity contribution >= 4 is 11.0 Å². The molecule has 3 heterocycles. The highest BCUT2D eigenvalue weighted by atomic mass is 16.7. The van der Waals surface area contributed by atoms with Crippen molar-refractivity contribution in [3.63, 3.8) is 0 Å². The van der Waals surface area contributed by atoms with Crippen molar-refractivity contribution < 1.29 is 69.3 Å². The first-order valence-corrected chi connectivity index (χ1v) is 12.4. The molecule has 0 aliphatic carbocycles. The minimum absolute atomic E-state index is 0.0444. The van der Waals surface area contributed by atoms with E-state index in [-0.39, 0.29) is 29.1 Å². The molecule has 0 spiro atoms. The first kappa shape index (κ1) is 29.0. The molecule has 2 unspecified atom stereocenters. The van der Waals surface area contributed by atoms with Gasteiger partial charge in [-0.2, -0.15) is 0 Å². The molecule has 5 rings (SSSR count). The topological polar surface area (TPSA) is 249 Å². The molecule has 2 fully saturated rings. The third kappa shape index (κ3) is 5.42. The highest BCUT2D eigenvalue weighted by Gasteiger charge is 2.45. The molecule has 3 aromatic rings. The number of ether oxygens (including phenoxy) is 4. The summed E-state index contributed by atoms with van der Waals surface area (Å²) in [5.74, 6) is -1.96. The van der Waals surface area contributed by atoms with Gasteiger partial charge in [-0.15, -0.1) is 0 Å². The van der Waals surface area contributed by atoms with E-state index in [1.165, 1.54) is 24.3 Å². The summed E-state index contributed by atoms with van der Waals surface area (Å²) in [6.45, 7) is -0.971. The molecule has 2 saturated heterocycles. The molecular weight excluding hydrogens is 552 g/mol. The summed E-state index contributed by atoms with van der Waals surface area (Å²) in [6, 6.07) is 8.02. The van der Waals surface area contributed by atoms with Gasteiger partial charge in [0.2, 0.25) is 18.3 Å². The van der Waals surface area contributed by atoms with Gasteiger partial charge in [0.25, 0.3) is 0 Å². The van der Waals surface area contributed by atoms with E-state index in [4.69, 9.17) is 23.4 Å². The van der Waals surface area contributed by atoms with E-state index >= 15 is 0 Å². The summed E-state index contributed by atoms with van der Waals surface area (Å²) < 4.78 is 27.0. The number of aliphatic hydroxyl groups is 7. The number of fused-ring (bicyclic) bond motifs is 1. The lowest BCUT2D eigenvalue weighted by Crippen LogP contribution is -2.60. The zero-order chi connectivity index (χ0) is 29.6. The van der Waals surface area contributed by atoms with Crippen LogP contribution in [0.2, 0.25) is 0 Å². The predicted octanol–water partition coefficient (Wildman–Crippen LogP) is -2.13. The zero-order valence-electron chi connectivity index (χ0n) is 21.0. The molecule has 9 atom stereocenters. The van der Waals surface area contributed by atoms with Gasteiger partial charge >= 0.3 is 0 Å². The van der Waals surface area contributed by atoms with Crippen molar-refractivity contribution in [2.45, 2.75) is 55.3 Å². The Bertz CT molecular complexity index is 1440. The maximum absolute atomic E-state index is 13.0. The highest BCUT2D eigenvalue weighted by Crippen LogP contribution is 2.43. The summed E-state index contributed by atoms with van der Waals surface area (Å²) in [4.78, 5) is 13.0. The van der Waals surface area contributed by atoms with Crippen molar-refractivity contribution in [2.24, 2.45) is 0 Å². The fraction of sp³-hybridized carbons (Fsp3) is 0.423. The van der Waals surface area contributed by atoms with Crippen molar-refractivity contribution in [3.05, 3.63) is 46.6 Å². The third-order valence-corrected chi connectivity index (χ3v) is 6.85. The Morgan fingerprint density at radius 2 is 1.51 bits per heavy atom. The first-order valence-electron chi connectivity index (χ1n) is 12.4. The van der Waals surface area contributed by atoms with Crippen molar-refractivity contribution in [1.29, 1.82) is 0 Å². The average Bonchev–Trinajstić information content (AvgIpc) is 2.95. The molecule has 2 aliphatic rings. The van der Waals surface area contributed by atoms with Crippen molar-refractivity contribution in [3.8, 4) is 34.3 Å². The maximum atomic E-state index is 13.0. The Balaban J connectivity index is 1.39. The van der Waals surface area contributed by atoms with Crippen LogP contribution in [0.15, 0.2) is 45.6 Å². The van der Waals surface area contributed by atoms with Crippen molar-refractivity contribution in [2.75, 3.05) is 13.2 Å². The van der Waals surface area contributed by atoms with Gasteiger partial charge in [-0.25, -0.2) is 0 Å². The molecule has 15 nitrogen and oxygen atoms in total. The summed E-state index contributed by atoms with van der Waals surface area (Å²) in [5, 5.41) is 89.7. The molecule has 2 aromatic carbocycles. The van der Waals surface area contributed by atoms with Crippen LogP contribution < -0.4 is 14.9 Å². The van der Waals surface area contributed by atoms with E-state index in [9.17, 15) is 50.8 Å². The summed E-state index contributed by atoms with van der Waals surface area (Å²) in [7, 11) is 0. The van der Waals surface area contributed by atoms with Gasteiger partial charge in [-0.05, 0) is 24.3 Å². The van der Waals surface area contributed by atoms with E-state index in [0.29, 0.717) is 5.56 Å². The van der Waals surface area contributed by atoms with Crippen LogP contribution in [0.3, 0.4) is 0 Å². The summed E-state index contributed by atoms with van der Waals surface area (Å²) in [5.41, 5.74) is -0.572. The SMILES string of the molecule is O=c1cc(-c2ccc(OC3OC[C@@H](O)[C@@H](O)[C@@H]3O)cc2)oc2cc(O)c(OC3O[C@@H](CO)[C@H](O)[C@@H](O)[C@@H]3O)c(O)c12. The number of benzene rings is 2. The van der Waals surface area contributed by atoms with Crippen LogP contribution in [0.25, 0.3) is 22.3 Å². The molecule has 2 aliphatic heterocycles. The molecule has 15 heteroatoms. The second kappa shape index (κ2) is 11.4. The third-order valence-electron chi connectivity index (χ3n) is 6.85. The number of phenols is 2. The lowest BCUT2D eigenvalue weighted by molar-refractivity contribution is -0.277. The molecule has 41 heavy (non-hydrogen) atoms. The minimum atomic E-state index is -1.84. The Hall–Kier alpha value is -3.51. The summed E-state index contributed by atoms with van der Waals surface area (Å²) >= 11 is 0. The molecule has 0 bridgehead atoms. The second-order valence-corrected chi connectivity index (χ2v) is 9.63. The first-order chi connectivity index (χ1) is 19.5. The largest absolute Gasteiger partial charge is 0.504 e. The van der Waals surface area contributed by atoms with E-state index in [2.05, 4.69) is 0 Å². The average molecular weight is 580 g/mol. The normalized spacial score (nSPS) is 32.1. The van der Waals surface area contributed by atoms with E-state index < -0.39 is 84.6 Å². The Kier molecular flexibility index (Phi) is 8.06. The quantitative estimate of drug-likeness (QED) is 0.151. The van der Waals surface area contributed by atoms with E-state index in [1.54, 1.807) is 0 Å². The Morgan fingerprint density at radius 1 is 0.829 bits per heavy atom. The molecule has 1 aromatic heterocycles. The molecule has 9 N–H and O–H groups in total. The number of rotatable bonds is 6. The van der Waals surface area contributed by atoms with Crippen molar-refractivity contribution in [1.82, 2.24) is 0 Å². The van der Waals surface area contributed by atoms with Gasteiger partial charge in [-0.1, -0.05) is 0 Å². The minimum Gasteiger partial charge on any atom is -0.504 e. The van der Waals surface area contributed by atoms with E-state index in [0.717, 1.165) is 12.1 Å². The second-order valence-electron chi connectivity index (χ2n) is 9.63. The van der Waals surface area contributed by atoms with Gasteiger partial charge in [-0.3, -0.25) is 4.79 Å². The fourth-order valence-corrected chi connectivity index (χ4v) is 4.53. The van der Waals surface area contributed by atoms with Crippen LogP contribution in [-0.2, 0) is 9.47 Å². The lowest BCUT2D eigenvalue weighted by Gasteiger charge is -2.39. The van der Waals surface area contributed by atoms with Gasteiger partial charge in [0.1, 0.15) is 65.2 Å². The maximum Gasteiger partial charge on any atom is 0.229 e. The Labute approximate surface area is 230 Å². The Morgan fingerprint density at radius 3 is 2.20 bits per heavy atom. The molecule has 0 amide bonds. The number of aliphatic hydroxyl groups excluding tert-OH is 7. The standard InChI is InChI=1S/C26H28O15/c27-7-16-19(32)21(34)23(36)26(40-16)41-24-12(29)6-15-17(20(24)33)11(28)5-14(39-15)9-1-3-10(4-2-9)38-25-22(35)18(31)13(30)8-37-25/h1-6,13,16,18-19,21-23,25-27,29-36H,7-8H2/t13-,16+,18-,19+,21-,22+,23+,25?,26?/m1/s1. The number of phenolic OH excluding ortho intramolecular Hbond substituents is 2. The molecular formula is C26H28O15. The fourth-order valence-electron chi connectivity index (χ4n) is 4.53. The van der Waals surface area contributed by atoms with Crippen LogP contribution in [0.5, 0.6) is 23.0 Å². The van der Waals surface area contributed by atoms with Gasteiger partial charge in [0, 0.05) is 17.7 Å². The van der Waals surface area contributed by atoms with Crippen LogP contribution in [0.4, 0.5) is 0 Å². The summed E-state index contributed by atoms with van der Waals surface area (Å²) in [6.07, 6.45) is -13.7. The molecule has 222 valence electrons. The van der Waals surface area contributed by atoms with Crippen LogP contribution in [0, 0.1) is 0 Å². The molecule has 0 saturated carbocycles. The van der Waals surface area contributed by atoms with E-state index in [1.807, 2.05) is 0 Å². The van der Waals surface area contributed by atoms with Gasteiger partial charge in [0.15, 0.2) is 16.9 Å². The predicted molar refractivity (Wildman–Crippen MR) is 134 cm³/mol. The van der Waals surface area contributed by atoms with Crippen LogP contribution in [-0.4, -0.2) is 114 Å². The molecule has 0 radical (unpaired) electrons. The number of hydrogen-bond donors (Lipinski definition) is 9. The van der Waals surface area contributed by atoms with Gasteiger partial charge in [0.05, 0.1) is 13.2 Å². The number of aromatic hydroxyl groups is 2. The smallest absolute Gasteiger partial charge is 0.229 e. The van der Waals surface area contributed by atoms with Crippen LogP contribution >= 0.6 is 0 Å². The van der Waals surface area contributed by atoms with Gasteiger partial charge < -0.3 is 69.3 Å². The lowest BCUT2D eigenvalue weighted by atomic mass is 9.99.